The van der Waals surface area contributed by atoms with Gasteiger partial charge in [0, 0.05) is 11.5 Å². The average Bonchev–Trinajstić information content (AvgIpc) is 2.71. The zero-order valence-electron chi connectivity index (χ0n) is 14.3. The predicted octanol–water partition coefficient (Wildman–Crippen LogP) is 5.65. The summed E-state index contributed by atoms with van der Waals surface area (Å²) in [5.74, 6) is 0.0515. The van der Waals surface area contributed by atoms with Gasteiger partial charge in [-0.25, -0.2) is 0 Å². The van der Waals surface area contributed by atoms with Gasteiger partial charge in [0.15, 0.2) is 5.78 Å². The van der Waals surface area contributed by atoms with Gasteiger partial charge in [-0.3, -0.25) is 4.79 Å². The van der Waals surface area contributed by atoms with Crippen LogP contribution in [-0.2, 0) is 4.79 Å². The molecule has 0 heterocycles. The molecule has 0 atom stereocenters. The fourth-order valence-corrected chi connectivity index (χ4v) is 3.27. The Kier molecular flexibility index (Phi) is 4.47. The number of carbonyl (C=O) groups is 1. The molecular weight excluding hydrogens is 316 g/mol. The number of carbonyl (C=O) groups excluding carboxylic acids is 1. The van der Waals surface area contributed by atoms with Crippen LogP contribution in [0.4, 0.5) is 0 Å². The van der Waals surface area contributed by atoms with Crippen LogP contribution in [0, 0.1) is 0 Å². The molecule has 0 unspecified atom stereocenters. The van der Waals surface area contributed by atoms with Crippen LogP contribution in [-0.4, -0.2) is 5.78 Å². The summed E-state index contributed by atoms with van der Waals surface area (Å²) in [6.45, 7) is 0. The highest BCUT2D eigenvalue weighted by Gasteiger charge is 2.17. The number of benzene rings is 3. The van der Waals surface area contributed by atoms with Crippen LogP contribution in [0.25, 0.3) is 11.6 Å². The molecule has 0 saturated heterocycles. The molecule has 1 heteroatoms. The molecule has 0 radical (unpaired) electrons. The summed E-state index contributed by atoms with van der Waals surface area (Å²) < 4.78 is 0. The van der Waals surface area contributed by atoms with E-state index < -0.39 is 0 Å². The lowest BCUT2D eigenvalue weighted by molar-refractivity contribution is -0.109. The zero-order chi connectivity index (χ0) is 17.8. The number of fused-ring (bicyclic) bond motifs is 1. The summed E-state index contributed by atoms with van der Waals surface area (Å²) in [5, 5.41) is 0. The van der Waals surface area contributed by atoms with Crippen LogP contribution in [0.2, 0.25) is 0 Å². The van der Waals surface area contributed by atoms with E-state index in [1.807, 2.05) is 72.8 Å². The van der Waals surface area contributed by atoms with Crippen molar-refractivity contribution in [2.45, 2.75) is 5.92 Å². The minimum absolute atomic E-state index is 0.000164. The van der Waals surface area contributed by atoms with Crippen molar-refractivity contribution < 1.29 is 4.79 Å². The van der Waals surface area contributed by atoms with Crippen molar-refractivity contribution in [3.8, 4) is 0 Å². The molecule has 0 spiro atoms. The molecule has 124 valence electrons. The maximum Gasteiger partial charge on any atom is 0.194 e. The second-order valence-corrected chi connectivity index (χ2v) is 6.27. The Labute approximate surface area is 153 Å². The van der Waals surface area contributed by atoms with Crippen LogP contribution in [0.5, 0.6) is 0 Å². The molecule has 3 aromatic rings. The fraction of sp³-hybridized carbons (Fsp3) is 0.0400. The van der Waals surface area contributed by atoms with Crippen molar-refractivity contribution in [3.63, 3.8) is 0 Å². The molecule has 0 amide bonds. The molecule has 4 rings (SSSR count). The summed E-state index contributed by atoms with van der Waals surface area (Å²) in [6.07, 6.45) is 5.50. The number of ketones is 1. The topological polar surface area (TPSA) is 17.1 Å². The van der Waals surface area contributed by atoms with E-state index in [2.05, 4.69) is 30.0 Å². The number of hydrogen-bond acceptors (Lipinski definition) is 1. The van der Waals surface area contributed by atoms with Gasteiger partial charge in [-0.2, -0.15) is 0 Å². The monoisotopic (exact) mass is 334 g/mol. The Bertz CT molecular complexity index is 981. The molecule has 0 aliphatic heterocycles. The minimum atomic E-state index is -0.000164. The highest BCUT2D eigenvalue weighted by Crippen LogP contribution is 2.28. The van der Waals surface area contributed by atoms with Crippen LogP contribution in [0.3, 0.4) is 0 Å². The van der Waals surface area contributed by atoms with Crippen LogP contribution in [0.15, 0.2) is 103 Å². The van der Waals surface area contributed by atoms with Gasteiger partial charge in [-0.05, 0) is 28.8 Å². The largest absolute Gasteiger partial charge is 0.289 e. The third-order valence-electron chi connectivity index (χ3n) is 4.60. The summed E-state index contributed by atoms with van der Waals surface area (Å²) >= 11 is 0. The Hall–Kier alpha value is -3.41. The van der Waals surface area contributed by atoms with Crippen molar-refractivity contribution in [1.82, 2.24) is 0 Å². The van der Waals surface area contributed by atoms with Crippen LogP contribution in [0.1, 0.15) is 28.2 Å². The minimum Gasteiger partial charge on any atom is -0.289 e. The maximum atomic E-state index is 12.4. The molecular formula is C25H18O. The average molecular weight is 334 g/mol. The molecule has 0 saturated carbocycles. The Morgan fingerprint density at radius 1 is 0.692 bits per heavy atom. The summed E-state index contributed by atoms with van der Waals surface area (Å²) in [6, 6.07) is 28.5. The smallest absolute Gasteiger partial charge is 0.194 e. The molecule has 0 N–H and O–H groups in total. The lowest BCUT2D eigenvalue weighted by atomic mass is 9.89. The number of allylic oxidation sites excluding steroid dienone is 2. The van der Waals surface area contributed by atoms with E-state index in [4.69, 9.17) is 0 Å². The summed E-state index contributed by atoms with van der Waals surface area (Å²) in [5.41, 5.74) is 8.29. The maximum absolute atomic E-state index is 12.4. The zero-order valence-corrected chi connectivity index (χ0v) is 14.3. The van der Waals surface area contributed by atoms with E-state index in [1.54, 1.807) is 6.08 Å². The van der Waals surface area contributed by atoms with E-state index in [0.717, 1.165) is 11.1 Å². The first-order valence-corrected chi connectivity index (χ1v) is 8.71. The molecule has 26 heavy (non-hydrogen) atoms. The van der Waals surface area contributed by atoms with Gasteiger partial charge in [-0.15, -0.1) is 5.73 Å². The second kappa shape index (κ2) is 7.23. The highest BCUT2D eigenvalue weighted by atomic mass is 16.1. The lowest BCUT2D eigenvalue weighted by Crippen LogP contribution is -2.04. The third kappa shape index (κ3) is 3.21. The number of hydrogen-bond donors (Lipinski definition) is 0. The lowest BCUT2D eigenvalue weighted by Gasteiger charge is -2.14. The van der Waals surface area contributed by atoms with E-state index in [9.17, 15) is 4.79 Å². The Balaban J connectivity index is 1.84. The Morgan fingerprint density at radius 2 is 1.27 bits per heavy atom. The van der Waals surface area contributed by atoms with Gasteiger partial charge in [0.1, 0.15) is 0 Å². The van der Waals surface area contributed by atoms with Gasteiger partial charge in [0.25, 0.3) is 0 Å². The molecule has 1 aliphatic carbocycles. The molecule has 0 aromatic heterocycles. The fourth-order valence-electron chi connectivity index (χ4n) is 3.27. The SMILES string of the molecule is O=C1C=Cc2ccccc2C1=C=CC(c1ccccc1)c1ccccc1. The molecule has 0 bridgehead atoms. The van der Waals surface area contributed by atoms with E-state index in [1.165, 1.54) is 11.1 Å². The van der Waals surface area contributed by atoms with Crippen molar-refractivity contribution in [3.05, 3.63) is 125 Å². The quantitative estimate of drug-likeness (QED) is 0.446. The van der Waals surface area contributed by atoms with Crippen molar-refractivity contribution in [2.24, 2.45) is 0 Å². The Morgan fingerprint density at radius 3 is 1.92 bits per heavy atom. The van der Waals surface area contributed by atoms with Gasteiger partial charge < -0.3 is 0 Å². The van der Waals surface area contributed by atoms with Gasteiger partial charge in [0.05, 0.1) is 5.57 Å². The van der Waals surface area contributed by atoms with Crippen LogP contribution < -0.4 is 0 Å². The van der Waals surface area contributed by atoms with Gasteiger partial charge in [-0.1, -0.05) is 91.0 Å². The second-order valence-electron chi connectivity index (χ2n) is 6.27. The van der Waals surface area contributed by atoms with Gasteiger partial charge in [0.2, 0.25) is 0 Å². The molecule has 1 aliphatic rings. The normalized spacial score (nSPS) is 12.7. The molecule has 3 aromatic carbocycles. The van der Waals surface area contributed by atoms with E-state index in [0.29, 0.717) is 5.57 Å². The first kappa shape index (κ1) is 16.1. The van der Waals surface area contributed by atoms with E-state index >= 15 is 0 Å². The first-order valence-electron chi connectivity index (χ1n) is 8.71. The van der Waals surface area contributed by atoms with Gasteiger partial charge >= 0.3 is 0 Å². The highest BCUT2D eigenvalue weighted by molar-refractivity contribution is 6.29. The predicted molar refractivity (Wildman–Crippen MR) is 107 cm³/mol. The van der Waals surface area contributed by atoms with Crippen molar-refractivity contribution in [2.75, 3.05) is 0 Å². The van der Waals surface area contributed by atoms with E-state index in [-0.39, 0.29) is 11.7 Å². The van der Waals surface area contributed by atoms with Crippen molar-refractivity contribution in [1.29, 1.82) is 0 Å². The molecule has 0 fully saturated rings. The first-order chi connectivity index (χ1) is 12.8. The summed E-state index contributed by atoms with van der Waals surface area (Å²) in [7, 11) is 0. The third-order valence-corrected chi connectivity index (χ3v) is 4.60. The van der Waals surface area contributed by atoms with Crippen molar-refractivity contribution >= 4 is 17.4 Å². The molecule has 1 nitrogen and oxygen atoms in total. The number of rotatable bonds is 3. The van der Waals surface area contributed by atoms with Crippen LogP contribution >= 0.6 is 0 Å². The standard InChI is InChI=1S/C25H18O/c26-25-18-15-21-13-7-8-14-23(21)24(25)17-16-22(19-9-3-1-4-10-19)20-11-5-2-6-12-20/h1-16,18,22H. The summed E-state index contributed by atoms with van der Waals surface area (Å²) in [4.78, 5) is 12.4.